The van der Waals surface area contributed by atoms with Gasteiger partial charge in [0.2, 0.25) is 5.91 Å². The standard InChI is InChI=1S/C22H26FN5O/c1-15-4-5-20-19(3-2-8-25-20)22(15)26-17-6-9-27(10-7-17)14-21(29)28-13-16(23)11-18(28)12-24/h2-5,8,16-18,26H,6-7,9-11,13-14H2,1H3/t16-,18?/m0/s1. The molecule has 1 aromatic heterocycles. The lowest BCUT2D eigenvalue weighted by molar-refractivity contribution is -0.132. The minimum absolute atomic E-state index is 0.0451. The van der Waals surface area contributed by atoms with Crippen LogP contribution in [0.15, 0.2) is 30.5 Å². The third-order valence-corrected chi connectivity index (χ3v) is 6.01. The first-order chi connectivity index (χ1) is 14.0. The third-order valence-electron chi connectivity index (χ3n) is 6.01. The van der Waals surface area contributed by atoms with Gasteiger partial charge in [0.15, 0.2) is 0 Å². The van der Waals surface area contributed by atoms with Crippen molar-refractivity contribution >= 4 is 22.5 Å². The summed E-state index contributed by atoms with van der Waals surface area (Å²) in [6, 6.07) is 9.93. The number of carbonyl (C=O) groups excluding carboxylic acids is 1. The molecule has 1 aromatic carbocycles. The molecule has 2 aromatic rings. The summed E-state index contributed by atoms with van der Waals surface area (Å²) < 4.78 is 13.6. The van der Waals surface area contributed by atoms with E-state index in [1.807, 2.05) is 18.2 Å². The number of amides is 1. The lowest BCUT2D eigenvalue weighted by atomic mass is 10.0. The van der Waals surface area contributed by atoms with Gasteiger partial charge in [0.1, 0.15) is 12.2 Å². The maximum atomic E-state index is 13.6. The van der Waals surface area contributed by atoms with Crippen molar-refractivity contribution in [3.8, 4) is 6.07 Å². The Hall–Kier alpha value is -2.72. The molecule has 0 radical (unpaired) electrons. The number of carbonyl (C=O) groups is 1. The number of hydrogen-bond acceptors (Lipinski definition) is 5. The minimum Gasteiger partial charge on any atom is -0.381 e. The fraction of sp³-hybridized carbons (Fsp3) is 0.500. The van der Waals surface area contributed by atoms with Crippen LogP contribution in [0.2, 0.25) is 0 Å². The summed E-state index contributed by atoms with van der Waals surface area (Å²) >= 11 is 0. The summed E-state index contributed by atoms with van der Waals surface area (Å²) in [7, 11) is 0. The van der Waals surface area contributed by atoms with Gasteiger partial charge in [-0.05, 0) is 43.5 Å². The maximum absolute atomic E-state index is 13.6. The van der Waals surface area contributed by atoms with Crippen LogP contribution in [0.25, 0.3) is 10.9 Å². The Morgan fingerprint density at radius 1 is 1.34 bits per heavy atom. The van der Waals surface area contributed by atoms with Crippen LogP contribution in [0.1, 0.15) is 24.8 Å². The molecule has 2 fully saturated rings. The summed E-state index contributed by atoms with van der Waals surface area (Å²) in [6.07, 6.45) is 2.71. The number of nitrogens with one attached hydrogen (secondary N) is 1. The van der Waals surface area contributed by atoms with E-state index in [-0.39, 0.29) is 25.4 Å². The van der Waals surface area contributed by atoms with Gasteiger partial charge in [0.05, 0.1) is 24.7 Å². The molecule has 29 heavy (non-hydrogen) atoms. The fourth-order valence-corrected chi connectivity index (χ4v) is 4.36. The van der Waals surface area contributed by atoms with E-state index < -0.39 is 12.2 Å². The molecule has 0 spiro atoms. The normalized spacial score (nSPS) is 23.3. The summed E-state index contributed by atoms with van der Waals surface area (Å²) in [4.78, 5) is 20.5. The Bertz CT molecular complexity index is 934. The number of hydrogen-bond donors (Lipinski definition) is 1. The number of rotatable bonds is 4. The molecule has 1 N–H and O–H groups in total. The van der Waals surface area contributed by atoms with Crippen LogP contribution >= 0.6 is 0 Å². The number of pyridine rings is 1. The van der Waals surface area contributed by atoms with Crippen molar-refractivity contribution in [2.24, 2.45) is 0 Å². The van der Waals surface area contributed by atoms with Crippen LogP contribution in [0.4, 0.5) is 10.1 Å². The molecule has 6 nitrogen and oxygen atoms in total. The van der Waals surface area contributed by atoms with Gasteiger partial charge in [-0.2, -0.15) is 5.26 Å². The zero-order chi connectivity index (χ0) is 20.4. The van der Waals surface area contributed by atoms with Crippen LogP contribution in [0.5, 0.6) is 0 Å². The van der Waals surface area contributed by atoms with E-state index in [2.05, 4.69) is 34.3 Å². The number of fused-ring (bicyclic) bond motifs is 1. The van der Waals surface area contributed by atoms with Crippen molar-refractivity contribution in [1.29, 1.82) is 5.26 Å². The molecule has 1 unspecified atom stereocenters. The summed E-state index contributed by atoms with van der Waals surface area (Å²) in [6.45, 7) is 4.01. The highest BCUT2D eigenvalue weighted by Gasteiger charge is 2.36. The SMILES string of the molecule is Cc1ccc2ncccc2c1NC1CCN(CC(=O)N2C[C@@H](F)CC2C#N)CC1. The first-order valence-corrected chi connectivity index (χ1v) is 10.2. The number of nitriles is 1. The van der Waals surface area contributed by atoms with Gasteiger partial charge >= 0.3 is 0 Å². The predicted molar refractivity (Wildman–Crippen MR) is 110 cm³/mol. The first kappa shape index (κ1) is 19.6. The maximum Gasteiger partial charge on any atom is 0.237 e. The smallest absolute Gasteiger partial charge is 0.237 e. The van der Waals surface area contributed by atoms with Crippen molar-refractivity contribution in [3.05, 3.63) is 36.0 Å². The van der Waals surface area contributed by atoms with E-state index in [9.17, 15) is 9.18 Å². The van der Waals surface area contributed by atoms with Gasteiger partial charge in [-0.15, -0.1) is 0 Å². The summed E-state index contributed by atoms with van der Waals surface area (Å²) in [5.74, 6) is -0.140. The Labute approximate surface area is 170 Å². The topological polar surface area (TPSA) is 72.3 Å². The second-order valence-electron chi connectivity index (χ2n) is 8.05. The fourth-order valence-electron chi connectivity index (χ4n) is 4.36. The van der Waals surface area contributed by atoms with Crippen molar-refractivity contribution in [3.63, 3.8) is 0 Å². The molecule has 3 heterocycles. The monoisotopic (exact) mass is 395 g/mol. The molecule has 2 aliphatic heterocycles. The molecular formula is C22H26FN5O. The Morgan fingerprint density at radius 2 is 2.14 bits per heavy atom. The number of anilines is 1. The number of likely N-dealkylation sites (tertiary alicyclic amines) is 2. The average Bonchev–Trinajstić information content (AvgIpc) is 3.12. The lowest BCUT2D eigenvalue weighted by Crippen LogP contribution is -2.46. The van der Waals surface area contributed by atoms with Crippen LogP contribution in [-0.2, 0) is 4.79 Å². The largest absolute Gasteiger partial charge is 0.381 e. The van der Waals surface area contributed by atoms with Crippen LogP contribution < -0.4 is 5.32 Å². The Morgan fingerprint density at radius 3 is 2.90 bits per heavy atom. The van der Waals surface area contributed by atoms with E-state index in [1.54, 1.807) is 6.20 Å². The molecule has 2 atom stereocenters. The number of aromatic nitrogens is 1. The summed E-state index contributed by atoms with van der Waals surface area (Å²) in [5, 5.41) is 14.0. The predicted octanol–water partition coefficient (Wildman–Crippen LogP) is 2.88. The number of piperidine rings is 1. The summed E-state index contributed by atoms with van der Waals surface area (Å²) in [5.41, 5.74) is 3.31. The van der Waals surface area contributed by atoms with E-state index in [0.717, 1.165) is 42.5 Å². The van der Waals surface area contributed by atoms with Crippen molar-refractivity contribution < 1.29 is 9.18 Å². The highest BCUT2D eigenvalue weighted by Crippen LogP contribution is 2.28. The van der Waals surface area contributed by atoms with Crippen LogP contribution in [0, 0.1) is 18.3 Å². The van der Waals surface area contributed by atoms with Gasteiger partial charge in [-0.25, -0.2) is 4.39 Å². The van der Waals surface area contributed by atoms with E-state index in [4.69, 9.17) is 5.26 Å². The lowest BCUT2D eigenvalue weighted by Gasteiger charge is -2.34. The second kappa shape index (κ2) is 8.34. The molecule has 0 saturated carbocycles. The molecule has 1 amide bonds. The molecule has 4 rings (SSSR count). The van der Waals surface area contributed by atoms with E-state index in [1.165, 1.54) is 10.5 Å². The van der Waals surface area contributed by atoms with E-state index in [0.29, 0.717) is 6.04 Å². The Balaban J connectivity index is 1.34. The van der Waals surface area contributed by atoms with Gasteiger partial charge in [-0.1, -0.05) is 6.07 Å². The van der Waals surface area contributed by atoms with Gasteiger partial charge in [0, 0.05) is 42.8 Å². The zero-order valence-electron chi connectivity index (χ0n) is 16.6. The second-order valence-corrected chi connectivity index (χ2v) is 8.05. The minimum atomic E-state index is -1.09. The van der Waals surface area contributed by atoms with Gasteiger partial charge < -0.3 is 10.2 Å². The van der Waals surface area contributed by atoms with Crippen LogP contribution in [0.3, 0.4) is 0 Å². The number of benzene rings is 1. The average molecular weight is 395 g/mol. The number of alkyl halides is 1. The molecule has 2 aliphatic rings. The highest BCUT2D eigenvalue weighted by molar-refractivity contribution is 5.93. The highest BCUT2D eigenvalue weighted by atomic mass is 19.1. The zero-order valence-corrected chi connectivity index (χ0v) is 16.6. The quantitative estimate of drug-likeness (QED) is 0.862. The van der Waals surface area contributed by atoms with Crippen LogP contribution in [-0.4, -0.2) is 65.1 Å². The molecule has 0 bridgehead atoms. The molecule has 152 valence electrons. The first-order valence-electron chi connectivity index (χ1n) is 10.2. The molecule has 2 saturated heterocycles. The molecule has 7 heteroatoms. The van der Waals surface area contributed by atoms with Crippen molar-refractivity contribution in [1.82, 2.24) is 14.8 Å². The van der Waals surface area contributed by atoms with Gasteiger partial charge in [-0.3, -0.25) is 14.7 Å². The van der Waals surface area contributed by atoms with Crippen molar-refractivity contribution in [2.45, 2.75) is 44.4 Å². The Kier molecular flexibility index (Phi) is 5.63. The molecule has 0 aliphatic carbocycles. The number of nitrogens with zero attached hydrogens (tertiary/aromatic N) is 4. The van der Waals surface area contributed by atoms with Gasteiger partial charge in [0.25, 0.3) is 0 Å². The third kappa shape index (κ3) is 4.18. The van der Waals surface area contributed by atoms with E-state index >= 15 is 0 Å². The number of halogens is 1. The molecular weight excluding hydrogens is 369 g/mol. The number of aryl methyl sites for hydroxylation is 1. The van der Waals surface area contributed by atoms with Crippen molar-refractivity contribution in [2.75, 3.05) is 31.5 Å².